The molecule has 0 aliphatic heterocycles. The van der Waals surface area contributed by atoms with Gasteiger partial charge in [0.1, 0.15) is 5.75 Å². The van der Waals surface area contributed by atoms with E-state index in [-0.39, 0.29) is 17.4 Å². The number of thioether (sulfide) groups is 1. The van der Waals surface area contributed by atoms with Crippen molar-refractivity contribution >= 4 is 45.5 Å². The first-order chi connectivity index (χ1) is 14.3. The molecule has 0 spiro atoms. The fraction of sp³-hybridized carbons (Fsp3) is 0.211. The van der Waals surface area contributed by atoms with Crippen LogP contribution in [0.4, 0.5) is 29.7 Å². The number of halogens is 3. The summed E-state index contributed by atoms with van der Waals surface area (Å²) in [5, 5.41) is 14.3. The zero-order valence-corrected chi connectivity index (χ0v) is 17.3. The topological polar surface area (TPSA) is 76.1 Å². The Balaban J connectivity index is 1.51. The molecule has 0 aliphatic rings. The van der Waals surface area contributed by atoms with E-state index in [1.165, 1.54) is 47.4 Å². The van der Waals surface area contributed by atoms with Gasteiger partial charge in [0.25, 0.3) is 0 Å². The zero-order valence-electron chi connectivity index (χ0n) is 15.7. The van der Waals surface area contributed by atoms with E-state index in [2.05, 4.69) is 25.6 Å². The number of para-hydroxylation sites is 1. The van der Waals surface area contributed by atoms with Crippen LogP contribution in [0.1, 0.15) is 12.5 Å². The minimum atomic E-state index is -4.73. The second kappa shape index (κ2) is 9.81. The van der Waals surface area contributed by atoms with E-state index in [9.17, 15) is 18.0 Å². The maximum absolute atomic E-state index is 12.2. The molecule has 2 aromatic carbocycles. The number of anilines is 3. The molecule has 6 nitrogen and oxygen atoms in total. The molecule has 0 aliphatic carbocycles. The average molecular weight is 454 g/mol. The molecule has 0 saturated carbocycles. The Morgan fingerprint density at radius 1 is 1.13 bits per heavy atom. The highest BCUT2D eigenvalue weighted by Gasteiger charge is 2.30. The minimum Gasteiger partial charge on any atom is -0.406 e. The largest absolute Gasteiger partial charge is 0.573 e. The van der Waals surface area contributed by atoms with Gasteiger partial charge >= 0.3 is 6.36 Å². The SMILES string of the molecule is CCc1ccccc1NC(=O)CSc1nnc(Nc2ccc(OC(F)(F)F)cc2)s1. The summed E-state index contributed by atoms with van der Waals surface area (Å²) in [6.07, 6.45) is -3.91. The van der Waals surface area contributed by atoms with Gasteiger partial charge in [0.05, 0.1) is 5.75 Å². The number of amides is 1. The molecule has 0 atom stereocenters. The molecule has 3 aromatic rings. The van der Waals surface area contributed by atoms with Crippen molar-refractivity contribution in [2.24, 2.45) is 0 Å². The monoisotopic (exact) mass is 454 g/mol. The number of nitrogens with zero attached hydrogens (tertiary/aromatic N) is 2. The van der Waals surface area contributed by atoms with Gasteiger partial charge in [-0.1, -0.05) is 48.2 Å². The van der Waals surface area contributed by atoms with E-state index >= 15 is 0 Å². The van der Waals surface area contributed by atoms with Gasteiger partial charge in [-0.2, -0.15) is 0 Å². The summed E-state index contributed by atoms with van der Waals surface area (Å²) in [5.74, 6) is -0.279. The fourth-order valence-electron chi connectivity index (χ4n) is 2.45. The van der Waals surface area contributed by atoms with E-state index in [0.29, 0.717) is 15.2 Å². The minimum absolute atomic E-state index is 0.147. The number of nitrogens with one attached hydrogen (secondary N) is 2. The smallest absolute Gasteiger partial charge is 0.406 e. The number of aryl methyl sites for hydroxylation is 1. The highest BCUT2D eigenvalue weighted by molar-refractivity contribution is 8.01. The van der Waals surface area contributed by atoms with Crippen LogP contribution in [0.3, 0.4) is 0 Å². The maximum atomic E-state index is 12.2. The Morgan fingerprint density at radius 2 is 1.87 bits per heavy atom. The van der Waals surface area contributed by atoms with Crippen molar-refractivity contribution in [3.63, 3.8) is 0 Å². The number of alkyl halides is 3. The number of carbonyl (C=O) groups excluding carboxylic acids is 1. The van der Waals surface area contributed by atoms with Gasteiger partial charge in [-0.15, -0.1) is 23.4 Å². The Labute approximate surface area is 178 Å². The van der Waals surface area contributed by atoms with Gasteiger partial charge in [-0.25, -0.2) is 0 Å². The lowest BCUT2D eigenvalue weighted by molar-refractivity contribution is -0.274. The fourth-order valence-corrected chi connectivity index (χ4v) is 4.02. The summed E-state index contributed by atoms with van der Waals surface area (Å²) in [6, 6.07) is 12.9. The number of hydrogen-bond acceptors (Lipinski definition) is 7. The summed E-state index contributed by atoms with van der Waals surface area (Å²) < 4.78 is 41.0. The van der Waals surface area contributed by atoms with Gasteiger partial charge in [0.15, 0.2) is 4.34 Å². The van der Waals surface area contributed by atoms with Crippen LogP contribution in [0.25, 0.3) is 0 Å². The number of aromatic nitrogens is 2. The molecule has 1 heterocycles. The Hall–Kier alpha value is -2.79. The number of carbonyl (C=O) groups is 1. The van der Waals surface area contributed by atoms with Crippen molar-refractivity contribution in [1.82, 2.24) is 10.2 Å². The van der Waals surface area contributed by atoms with E-state index in [4.69, 9.17) is 0 Å². The van der Waals surface area contributed by atoms with Crippen molar-refractivity contribution in [3.8, 4) is 5.75 Å². The molecule has 0 radical (unpaired) electrons. The lowest BCUT2D eigenvalue weighted by Gasteiger charge is -2.09. The van der Waals surface area contributed by atoms with E-state index in [1.54, 1.807) is 0 Å². The third kappa shape index (κ3) is 6.63. The molecule has 0 saturated heterocycles. The predicted molar refractivity (Wildman–Crippen MR) is 111 cm³/mol. The molecule has 0 unspecified atom stereocenters. The van der Waals surface area contributed by atoms with Crippen LogP contribution >= 0.6 is 23.1 Å². The van der Waals surface area contributed by atoms with Crippen molar-refractivity contribution in [2.75, 3.05) is 16.4 Å². The van der Waals surface area contributed by atoms with Gasteiger partial charge in [-0.05, 0) is 42.3 Å². The van der Waals surface area contributed by atoms with Crippen LogP contribution in [0.15, 0.2) is 52.9 Å². The van der Waals surface area contributed by atoms with Gasteiger partial charge < -0.3 is 15.4 Å². The van der Waals surface area contributed by atoms with E-state index in [1.807, 2.05) is 31.2 Å². The number of rotatable bonds is 8. The first-order valence-electron chi connectivity index (χ1n) is 8.79. The molecular weight excluding hydrogens is 437 g/mol. The normalized spacial score (nSPS) is 11.2. The number of ether oxygens (including phenoxy) is 1. The predicted octanol–water partition coefficient (Wildman–Crippen LogP) is 5.47. The molecule has 0 bridgehead atoms. The molecule has 30 heavy (non-hydrogen) atoms. The third-order valence-corrected chi connectivity index (χ3v) is 5.72. The summed E-state index contributed by atoms with van der Waals surface area (Å²) in [4.78, 5) is 12.2. The van der Waals surface area contributed by atoms with Crippen molar-refractivity contribution in [1.29, 1.82) is 0 Å². The molecular formula is C19H17F3N4O2S2. The molecule has 1 amide bonds. The summed E-state index contributed by atoms with van der Waals surface area (Å²) in [7, 11) is 0. The van der Waals surface area contributed by atoms with Crippen molar-refractivity contribution in [2.45, 2.75) is 24.0 Å². The van der Waals surface area contributed by atoms with Gasteiger partial charge in [-0.3, -0.25) is 4.79 Å². The van der Waals surface area contributed by atoms with Crippen LogP contribution in [-0.4, -0.2) is 28.2 Å². The summed E-state index contributed by atoms with van der Waals surface area (Å²) in [6.45, 7) is 2.02. The first-order valence-corrected chi connectivity index (χ1v) is 10.6. The van der Waals surface area contributed by atoms with E-state index < -0.39 is 6.36 Å². The van der Waals surface area contributed by atoms with Gasteiger partial charge in [0, 0.05) is 11.4 Å². The summed E-state index contributed by atoms with van der Waals surface area (Å²) >= 11 is 2.49. The van der Waals surface area contributed by atoms with Crippen molar-refractivity contribution in [3.05, 3.63) is 54.1 Å². The molecule has 0 fully saturated rings. The molecule has 1 aromatic heterocycles. The molecule has 2 N–H and O–H groups in total. The van der Waals surface area contributed by atoms with Crippen molar-refractivity contribution < 1.29 is 22.7 Å². The molecule has 3 rings (SSSR count). The van der Waals surface area contributed by atoms with Gasteiger partial charge in [0.2, 0.25) is 11.0 Å². The highest BCUT2D eigenvalue weighted by Crippen LogP contribution is 2.29. The van der Waals surface area contributed by atoms with Crippen LogP contribution in [-0.2, 0) is 11.2 Å². The second-order valence-corrected chi connectivity index (χ2v) is 8.12. The Morgan fingerprint density at radius 3 is 2.57 bits per heavy atom. The quantitative estimate of drug-likeness (QED) is 0.440. The van der Waals surface area contributed by atoms with Crippen LogP contribution in [0.5, 0.6) is 5.75 Å². The second-order valence-electron chi connectivity index (χ2n) is 5.92. The summed E-state index contributed by atoms with van der Waals surface area (Å²) in [5.41, 5.74) is 2.39. The van der Waals surface area contributed by atoms with E-state index in [0.717, 1.165) is 17.7 Å². The standard InChI is InChI=1S/C19H17F3N4O2S2/c1-2-12-5-3-4-6-15(12)24-16(27)11-29-18-26-25-17(30-18)23-13-7-9-14(10-8-13)28-19(20,21)22/h3-10H,2,11H2,1H3,(H,23,25)(H,24,27). The zero-order chi connectivity index (χ0) is 21.6. The Kier molecular flexibility index (Phi) is 7.16. The third-order valence-electron chi connectivity index (χ3n) is 3.74. The maximum Gasteiger partial charge on any atom is 0.573 e. The molecule has 11 heteroatoms. The van der Waals surface area contributed by atoms with Crippen LogP contribution < -0.4 is 15.4 Å². The average Bonchev–Trinajstić information content (AvgIpc) is 3.14. The highest BCUT2D eigenvalue weighted by atomic mass is 32.2. The van der Waals surface area contributed by atoms with Crippen LogP contribution in [0, 0.1) is 0 Å². The first kappa shape index (κ1) is 21.9. The Bertz CT molecular complexity index is 994. The lowest BCUT2D eigenvalue weighted by atomic mass is 10.1. The lowest BCUT2D eigenvalue weighted by Crippen LogP contribution is -2.16. The van der Waals surface area contributed by atoms with Crippen LogP contribution in [0.2, 0.25) is 0 Å². The molecule has 158 valence electrons. The number of benzene rings is 2. The number of hydrogen-bond donors (Lipinski definition) is 2.